The van der Waals surface area contributed by atoms with Gasteiger partial charge in [0.25, 0.3) is 9.05 Å². The van der Waals surface area contributed by atoms with E-state index in [-0.39, 0.29) is 4.90 Å². The number of hydrogen-bond donors (Lipinski definition) is 0. The van der Waals surface area contributed by atoms with Crippen LogP contribution in [0.1, 0.15) is 5.56 Å². The van der Waals surface area contributed by atoms with E-state index in [1.54, 1.807) is 13.0 Å². The zero-order chi connectivity index (χ0) is 10.2. The lowest BCUT2D eigenvalue weighted by molar-refractivity contribution is 0.609. The Balaban J connectivity index is 3.50. The van der Waals surface area contributed by atoms with E-state index >= 15 is 0 Å². The van der Waals surface area contributed by atoms with Crippen LogP contribution in [0.5, 0.6) is 0 Å². The van der Waals surface area contributed by atoms with Crippen LogP contribution in [0.25, 0.3) is 0 Å². The summed E-state index contributed by atoms with van der Waals surface area (Å²) in [7, 11) is 1.55. The normalized spacial score (nSPS) is 11.7. The molecule has 0 unspecified atom stereocenters. The predicted octanol–water partition coefficient (Wildman–Crippen LogP) is 3.45. The maximum atomic E-state index is 11.0. The van der Waals surface area contributed by atoms with Gasteiger partial charge in [-0.1, -0.05) is 15.9 Å². The van der Waals surface area contributed by atoms with Crippen molar-refractivity contribution in [2.75, 3.05) is 0 Å². The lowest BCUT2D eigenvalue weighted by atomic mass is 10.2. The Morgan fingerprint density at radius 3 is 2.23 bits per heavy atom. The zero-order valence-electron chi connectivity index (χ0n) is 6.51. The quantitative estimate of drug-likeness (QED) is 0.729. The molecule has 2 nitrogen and oxygen atoms in total. The molecule has 0 radical (unpaired) electrons. The summed E-state index contributed by atoms with van der Waals surface area (Å²) < 4.78 is 23.4. The van der Waals surface area contributed by atoms with Crippen LogP contribution in [0, 0.1) is 6.92 Å². The molecule has 0 aromatic heterocycles. The van der Waals surface area contributed by atoms with E-state index in [1.165, 1.54) is 6.07 Å². The predicted molar refractivity (Wildman–Crippen MR) is 59.6 cm³/mol. The van der Waals surface area contributed by atoms with E-state index in [2.05, 4.69) is 31.9 Å². The van der Waals surface area contributed by atoms with Gasteiger partial charge in [-0.15, -0.1) is 0 Å². The Morgan fingerprint density at radius 1 is 1.23 bits per heavy atom. The van der Waals surface area contributed by atoms with Crippen molar-refractivity contribution < 1.29 is 8.42 Å². The van der Waals surface area contributed by atoms with Crippen molar-refractivity contribution in [3.05, 3.63) is 26.6 Å². The molecule has 1 aromatic rings. The third-order valence-corrected chi connectivity index (χ3v) is 4.61. The summed E-state index contributed by atoms with van der Waals surface area (Å²) in [6.45, 7) is 1.79. The number of hydrogen-bond acceptors (Lipinski definition) is 2. The van der Waals surface area contributed by atoms with Crippen molar-refractivity contribution in [1.29, 1.82) is 0 Å². The van der Waals surface area contributed by atoms with E-state index in [1.807, 2.05) is 0 Å². The first-order valence-electron chi connectivity index (χ1n) is 3.22. The van der Waals surface area contributed by atoms with Crippen molar-refractivity contribution in [1.82, 2.24) is 0 Å². The molecule has 13 heavy (non-hydrogen) atoms. The molecule has 0 bridgehead atoms. The first kappa shape index (κ1) is 11.5. The standard InChI is InChI=1S/C7H5Br2ClO2S/c1-4-2-7(13(10,11)12)6(9)3-5(4)8/h2-3H,1H3. The van der Waals surface area contributed by atoms with Gasteiger partial charge in [0, 0.05) is 19.6 Å². The fourth-order valence-corrected chi connectivity index (χ4v) is 3.72. The molecule has 0 spiro atoms. The highest BCUT2D eigenvalue weighted by Crippen LogP contribution is 2.30. The Labute approximate surface area is 98.0 Å². The van der Waals surface area contributed by atoms with Crippen molar-refractivity contribution >= 4 is 51.6 Å². The maximum Gasteiger partial charge on any atom is 0.262 e. The topological polar surface area (TPSA) is 34.1 Å². The van der Waals surface area contributed by atoms with E-state index in [9.17, 15) is 8.42 Å². The molecule has 1 rings (SSSR count). The van der Waals surface area contributed by atoms with Crippen LogP contribution >= 0.6 is 42.5 Å². The summed E-state index contributed by atoms with van der Waals surface area (Å²) >= 11 is 6.40. The SMILES string of the molecule is Cc1cc(S(=O)(=O)Cl)c(Br)cc1Br. The van der Waals surface area contributed by atoms with E-state index < -0.39 is 9.05 Å². The summed E-state index contributed by atoms with van der Waals surface area (Å²) in [5, 5.41) is 0. The second-order valence-electron chi connectivity index (χ2n) is 2.47. The van der Waals surface area contributed by atoms with Gasteiger partial charge in [-0.3, -0.25) is 0 Å². The van der Waals surface area contributed by atoms with E-state index in [4.69, 9.17) is 10.7 Å². The van der Waals surface area contributed by atoms with Gasteiger partial charge in [-0.2, -0.15) is 0 Å². The number of aryl methyl sites for hydroxylation is 1. The molecule has 0 N–H and O–H groups in total. The van der Waals surface area contributed by atoms with Crippen LogP contribution in [0.2, 0.25) is 0 Å². The summed E-state index contributed by atoms with van der Waals surface area (Å²) in [4.78, 5) is 0.0925. The van der Waals surface area contributed by atoms with E-state index in [0.29, 0.717) is 4.47 Å². The van der Waals surface area contributed by atoms with Crippen molar-refractivity contribution in [2.45, 2.75) is 11.8 Å². The second kappa shape index (κ2) is 3.88. The highest BCUT2D eigenvalue weighted by Gasteiger charge is 2.15. The van der Waals surface area contributed by atoms with Crippen molar-refractivity contribution in [3.63, 3.8) is 0 Å². The minimum atomic E-state index is -3.67. The largest absolute Gasteiger partial charge is 0.262 e. The van der Waals surface area contributed by atoms with Crippen LogP contribution in [0.4, 0.5) is 0 Å². The summed E-state index contributed by atoms with van der Waals surface area (Å²) in [6.07, 6.45) is 0. The average Bonchev–Trinajstić information content (AvgIpc) is 1.94. The molecule has 0 aliphatic carbocycles. The van der Waals surface area contributed by atoms with Gasteiger partial charge >= 0.3 is 0 Å². The van der Waals surface area contributed by atoms with Crippen LogP contribution in [0.15, 0.2) is 26.0 Å². The van der Waals surface area contributed by atoms with Gasteiger partial charge in [0.2, 0.25) is 0 Å². The third kappa shape index (κ3) is 2.68. The highest BCUT2D eigenvalue weighted by molar-refractivity contribution is 9.11. The molecule has 0 aliphatic heterocycles. The molecule has 1 aromatic carbocycles. The Hall–Kier alpha value is 0.420. The lowest BCUT2D eigenvalue weighted by Crippen LogP contribution is -1.93. The van der Waals surface area contributed by atoms with Gasteiger partial charge in [-0.05, 0) is 40.5 Å². The van der Waals surface area contributed by atoms with Crippen molar-refractivity contribution in [2.24, 2.45) is 0 Å². The summed E-state index contributed by atoms with van der Waals surface area (Å²) in [5.41, 5.74) is 0.822. The molecule has 72 valence electrons. The van der Waals surface area contributed by atoms with Gasteiger partial charge in [0.15, 0.2) is 0 Å². The number of rotatable bonds is 1. The molecule has 0 saturated carbocycles. The molecule has 0 aliphatic rings. The minimum Gasteiger partial charge on any atom is -0.207 e. The van der Waals surface area contributed by atoms with Crippen LogP contribution in [0.3, 0.4) is 0 Å². The fraction of sp³-hybridized carbons (Fsp3) is 0.143. The first-order chi connectivity index (χ1) is 5.82. The summed E-state index contributed by atoms with van der Waals surface area (Å²) in [6, 6.07) is 3.17. The van der Waals surface area contributed by atoms with Crippen LogP contribution in [-0.2, 0) is 9.05 Å². The Bertz CT molecular complexity index is 442. The van der Waals surface area contributed by atoms with Gasteiger partial charge < -0.3 is 0 Å². The Morgan fingerprint density at radius 2 is 1.77 bits per heavy atom. The minimum absolute atomic E-state index is 0.0925. The average molecular weight is 348 g/mol. The fourth-order valence-electron chi connectivity index (χ4n) is 0.818. The van der Waals surface area contributed by atoms with Crippen molar-refractivity contribution in [3.8, 4) is 0 Å². The smallest absolute Gasteiger partial charge is 0.207 e. The lowest BCUT2D eigenvalue weighted by Gasteiger charge is -2.03. The molecule has 0 fully saturated rings. The first-order valence-corrected chi connectivity index (χ1v) is 7.12. The van der Waals surface area contributed by atoms with Gasteiger partial charge in [0.1, 0.15) is 0 Å². The maximum absolute atomic E-state index is 11.0. The third-order valence-electron chi connectivity index (χ3n) is 1.48. The molecule has 0 saturated heterocycles. The van der Waals surface area contributed by atoms with Crippen LogP contribution < -0.4 is 0 Å². The van der Waals surface area contributed by atoms with E-state index in [0.717, 1.165) is 10.0 Å². The molecule has 0 amide bonds. The zero-order valence-corrected chi connectivity index (χ0v) is 11.3. The van der Waals surface area contributed by atoms with Crippen LogP contribution in [-0.4, -0.2) is 8.42 Å². The second-order valence-corrected chi connectivity index (χ2v) is 6.71. The summed E-state index contributed by atoms with van der Waals surface area (Å²) in [5.74, 6) is 0. The molecular formula is C7H5Br2ClO2S. The van der Waals surface area contributed by atoms with Gasteiger partial charge in [0.05, 0.1) is 4.90 Å². The highest BCUT2D eigenvalue weighted by atomic mass is 79.9. The molecular weight excluding hydrogens is 343 g/mol. The molecule has 0 heterocycles. The number of benzene rings is 1. The number of halogens is 3. The molecule has 6 heteroatoms. The Kier molecular flexibility index (Phi) is 3.43. The monoisotopic (exact) mass is 346 g/mol. The van der Waals surface area contributed by atoms with Gasteiger partial charge in [-0.25, -0.2) is 8.42 Å². The molecule has 0 atom stereocenters.